The Hall–Kier alpha value is -1.54. The van der Waals surface area contributed by atoms with E-state index in [4.69, 9.17) is 0 Å². The molecule has 0 saturated heterocycles. The second-order valence-electron chi connectivity index (χ2n) is 4.00. The van der Waals surface area contributed by atoms with E-state index in [1.165, 1.54) is 11.3 Å². The van der Waals surface area contributed by atoms with Gasteiger partial charge in [0.05, 0.1) is 6.04 Å². The van der Waals surface area contributed by atoms with Gasteiger partial charge in [0.2, 0.25) is 0 Å². The number of hydrogen-bond acceptors (Lipinski definition) is 1. The molecular weight excluding hydrogens is 184 g/mol. The molecule has 1 aromatic carbocycles. The van der Waals surface area contributed by atoms with Crippen LogP contribution in [0.5, 0.6) is 0 Å². The largest absolute Gasteiger partial charge is 0.348 e. The second kappa shape index (κ2) is 3.55. The Morgan fingerprint density at radius 3 is 2.80 bits per heavy atom. The van der Waals surface area contributed by atoms with Crippen molar-refractivity contribution in [3.05, 3.63) is 59.9 Å². The third kappa shape index (κ3) is 1.57. The van der Waals surface area contributed by atoms with Crippen LogP contribution in [0.2, 0.25) is 0 Å². The SMILES string of the molecule is c1ccc([C@H]2Cn3cccc3CN2)cc1. The van der Waals surface area contributed by atoms with Gasteiger partial charge < -0.3 is 9.88 Å². The van der Waals surface area contributed by atoms with Gasteiger partial charge in [0, 0.05) is 25.0 Å². The molecule has 0 spiro atoms. The first-order valence-corrected chi connectivity index (χ1v) is 5.36. The smallest absolute Gasteiger partial charge is 0.0505 e. The van der Waals surface area contributed by atoms with Crippen molar-refractivity contribution >= 4 is 0 Å². The summed E-state index contributed by atoms with van der Waals surface area (Å²) in [5.74, 6) is 0. The normalized spacial score (nSPS) is 19.9. The topological polar surface area (TPSA) is 17.0 Å². The molecule has 1 aliphatic heterocycles. The molecule has 0 saturated carbocycles. The molecule has 0 fully saturated rings. The lowest BCUT2D eigenvalue weighted by Gasteiger charge is -2.26. The highest BCUT2D eigenvalue weighted by molar-refractivity contribution is 5.21. The Labute approximate surface area is 89.5 Å². The van der Waals surface area contributed by atoms with Gasteiger partial charge in [0.15, 0.2) is 0 Å². The summed E-state index contributed by atoms with van der Waals surface area (Å²) < 4.78 is 2.33. The van der Waals surface area contributed by atoms with Gasteiger partial charge in [0.1, 0.15) is 0 Å². The fourth-order valence-corrected chi connectivity index (χ4v) is 2.19. The molecule has 15 heavy (non-hydrogen) atoms. The summed E-state index contributed by atoms with van der Waals surface area (Å²) >= 11 is 0. The predicted octanol–water partition coefficient (Wildman–Crippen LogP) is 2.33. The molecule has 2 heteroatoms. The van der Waals surface area contributed by atoms with Gasteiger partial charge in [-0.1, -0.05) is 30.3 Å². The summed E-state index contributed by atoms with van der Waals surface area (Å²) in [5.41, 5.74) is 2.75. The number of aromatic nitrogens is 1. The van der Waals surface area contributed by atoms with Crippen LogP contribution in [0.25, 0.3) is 0 Å². The monoisotopic (exact) mass is 198 g/mol. The number of hydrogen-bond donors (Lipinski definition) is 1. The highest BCUT2D eigenvalue weighted by Gasteiger charge is 2.17. The summed E-state index contributed by atoms with van der Waals surface area (Å²) in [6, 6.07) is 15.4. The van der Waals surface area contributed by atoms with Crippen molar-refractivity contribution in [2.75, 3.05) is 0 Å². The van der Waals surface area contributed by atoms with E-state index < -0.39 is 0 Å². The minimum atomic E-state index is 0.450. The van der Waals surface area contributed by atoms with Gasteiger partial charge in [0.25, 0.3) is 0 Å². The van der Waals surface area contributed by atoms with Crippen LogP contribution in [0.1, 0.15) is 17.3 Å². The zero-order valence-corrected chi connectivity index (χ0v) is 8.56. The number of nitrogens with one attached hydrogen (secondary N) is 1. The zero-order chi connectivity index (χ0) is 10.1. The van der Waals surface area contributed by atoms with E-state index >= 15 is 0 Å². The van der Waals surface area contributed by atoms with Crippen molar-refractivity contribution in [3.63, 3.8) is 0 Å². The lowest BCUT2D eigenvalue weighted by molar-refractivity contribution is 0.404. The number of benzene rings is 1. The fraction of sp³-hybridized carbons (Fsp3) is 0.231. The van der Waals surface area contributed by atoms with Gasteiger partial charge in [-0.15, -0.1) is 0 Å². The van der Waals surface area contributed by atoms with Crippen molar-refractivity contribution < 1.29 is 0 Å². The zero-order valence-electron chi connectivity index (χ0n) is 8.56. The highest BCUT2D eigenvalue weighted by atomic mass is 15.1. The molecule has 2 aromatic rings. The quantitative estimate of drug-likeness (QED) is 0.744. The van der Waals surface area contributed by atoms with Crippen LogP contribution in [0.3, 0.4) is 0 Å². The Bertz CT molecular complexity index is 445. The molecule has 2 nitrogen and oxygen atoms in total. The van der Waals surface area contributed by atoms with E-state index in [9.17, 15) is 0 Å². The van der Waals surface area contributed by atoms with E-state index in [1.807, 2.05) is 0 Å². The Morgan fingerprint density at radius 2 is 1.93 bits per heavy atom. The van der Waals surface area contributed by atoms with Gasteiger partial charge in [-0.05, 0) is 17.7 Å². The fourth-order valence-electron chi connectivity index (χ4n) is 2.19. The Kier molecular flexibility index (Phi) is 2.07. The standard InChI is InChI=1S/C13H14N2/c1-2-5-11(6-3-1)13-10-15-8-4-7-12(15)9-14-13/h1-8,13-14H,9-10H2/t13-/m1/s1. The van der Waals surface area contributed by atoms with E-state index in [0.29, 0.717) is 6.04 Å². The highest BCUT2D eigenvalue weighted by Crippen LogP contribution is 2.20. The van der Waals surface area contributed by atoms with Gasteiger partial charge in [-0.25, -0.2) is 0 Å². The minimum Gasteiger partial charge on any atom is -0.348 e. The molecule has 1 N–H and O–H groups in total. The summed E-state index contributed by atoms with van der Waals surface area (Å²) in [6.07, 6.45) is 2.16. The molecule has 0 aliphatic carbocycles. The van der Waals surface area contributed by atoms with Crippen molar-refractivity contribution in [2.45, 2.75) is 19.1 Å². The third-order valence-corrected chi connectivity index (χ3v) is 3.03. The lowest BCUT2D eigenvalue weighted by Crippen LogP contribution is -2.31. The molecule has 0 unspecified atom stereocenters. The molecule has 1 aliphatic rings. The second-order valence-corrected chi connectivity index (χ2v) is 4.00. The number of nitrogens with zero attached hydrogens (tertiary/aromatic N) is 1. The number of fused-ring (bicyclic) bond motifs is 1. The molecule has 1 aromatic heterocycles. The van der Waals surface area contributed by atoms with Crippen LogP contribution in [-0.2, 0) is 13.1 Å². The first-order valence-electron chi connectivity index (χ1n) is 5.36. The van der Waals surface area contributed by atoms with Crippen LogP contribution >= 0.6 is 0 Å². The molecule has 3 rings (SSSR count). The molecule has 76 valence electrons. The van der Waals surface area contributed by atoms with Crippen molar-refractivity contribution in [1.29, 1.82) is 0 Å². The maximum absolute atomic E-state index is 3.56. The maximum Gasteiger partial charge on any atom is 0.0505 e. The summed E-state index contributed by atoms with van der Waals surface area (Å²) in [6.45, 7) is 2.00. The maximum atomic E-state index is 3.56. The van der Waals surface area contributed by atoms with Crippen LogP contribution in [0, 0.1) is 0 Å². The molecule has 2 heterocycles. The van der Waals surface area contributed by atoms with E-state index in [-0.39, 0.29) is 0 Å². The van der Waals surface area contributed by atoms with Crippen LogP contribution in [-0.4, -0.2) is 4.57 Å². The summed E-state index contributed by atoms with van der Waals surface area (Å²) in [7, 11) is 0. The average Bonchev–Trinajstić information content (AvgIpc) is 2.77. The van der Waals surface area contributed by atoms with Crippen molar-refractivity contribution in [3.8, 4) is 0 Å². The summed E-state index contributed by atoms with van der Waals surface area (Å²) in [4.78, 5) is 0. The average molecular weight is 198 g/mol. The minimum absolute atomic E-state index is 0.450. The molecular formula is C13H14N2. The molecule has 0 radical (unpaired) electrons. The van der Waals surface area contributed by atoms with E-state index in [0.717, 1.165) is 13.1 Å². The van der Waals surface area contributed by atoms with E-state index in [2.05, 4.69) is 58.5 Å². The van der Waals surface area contributed by atoms with Crippen LogP contribution < -0.4 is 5.32 Å². The Balaban J connectivity index is 1.88. The van der Waals surface area contributed by atoms with Crippen molar-refractivity contribution in [2.24, 2.45) is 0 Å². The van der Waals surface area contributed by atoms with E-state index in [1.54, 1.807) is 0 Å². The first kappa shape index (κ1) is 8.74. The van der Waals surface area contributed by atoms with Crippen molar-refractivity contribution in [1.82, 2.24) is 9.88 Å². The van der Waals surface area contributed by atoms with Crippen LogP contribution in [0.4, 0.5) is 0 Å². The molecule has 1 atom stereocenters. The number of rotatable bonds is 1. The predicted molar refractivity (Wildman–Crippen MR) is 60.5 cm³/mol. The van der Waals surface area contributed by atoms with Gasteiger partial charge >= 0.3 is 0 Å². The third-order valence-electron chi connectivity index (χ3n) is 3.03. The van der Waals surface area contributed by atoms with Crippen LogP contribution in [0.15, 0.2) is 48.7 Å². The summed E-state index contributed by atoms with van der Waals surface area (Å²) in [5, 5.41) is 3.56. The molecule has 0 bridgehead atoms. The lowest BCUT2D eigenvalue weighted by atomic mass is 10.1. The molecule has 0 amide bonds. The van der Waals surface area contributed by atoms with Gasteiger partial charge in [-0.3, -0.25) is 0 Å². The first-order chi connectivity index (χ1) is 7.43. The Morgan fingerprint density at radius 1 is 1.07 bits per heavy atom. The van der Waals surface area contributed by atoms with Gasteiger partial charge in [-0.2, -0.15) is 0 Å².